The normalized spacial score (nSPS) is 15.8. The van der Waals surface area contributed by atoms with Gasteiger partial charge in [-0.2, -0.15) is 0 Å². The molecule has 1 fully saturated rings. The summed E-state index contributed by atoms with van der Waals surface area (Å²) in [6.07, 6.45) is 5.78. The Balaban J connectivity index is 1.82. The van der Waals surface area contributed by atoms with E-state index in [0.29, 0.717) is 0 Å². The van der Waals surface area contributed by atoms with Crippen molar-refractivity contribution in [3.63, 3.8) is 0 Å². The van der Waals surface area contributed by atoms with Crippen LogP contribution in [0.15, 0.2) is 11.6 Å². The molecule has 4 nitrogen and oxygen atoms in total. The second-order valence-corrected chi connectivity index (χ2v) is 4.93. The Kier molecular flexibility index (Phi) is 2.05. The summed E-state index contributed by atoms with van der Waals surface area (Å²) in [5, 5.41) is 11.1. The maximum atomic E-state index is 4.58. The third-order valence-corrected chi connectivity index (χ3v) is 3.48. The van der Waals surface area contributed by atoms with Crippen LogP contribution in [-0.4, -0.2) is 20.0 Å². The van der Waals surface area contributed by atoms with Crippen molar-refractivity contribution in [2.24, 2.45) is 13.0 Å². The van der Waals surface area contributed by atoms with Crippen LogP contribution in [0.2, 0.25) is 0 Å². The van der Waals surface area contributed by atoms with Crippen LogP contribution >= 0.6 is 11.3 Å². The summed E-state index contributed by atoms with van der Waals surface area (Å²) >= 11 is 1.66. The van der Waals surface area contributed by atoms with Gasteiger partial charge in [0.25, 0.3) is 0 Å². The Hall–Kier alpha value is -1.23. The van der Waals surface area contributed by atoms with Gasteiger partial charge >= 0.3 is 0 Å². The Bertz CT molecular complexity index is 469. The van der Waals surface area contributed by atoms with Crippen LogP contribution in [-0.2, 0) is 13.5 Å². The first-order valence-corrected chi connectivity index (χ1v) is 6.00. The molecule has 0 atom stereocenters. The predicted molar refractivity (Wildman–Crippen MR) is 58.5 cm³/mol. The summed E-state index contributed by atoms with van der Waals surface area (Å²) in [4.78, 5) is 4.58. The first-order valence-electron chi connectivity index (χ1n) is 5.12. The molecule has 15 heavy (non-hydrogen) atoms. The fourth-order valence-corrected chi connectivity index (χ4v) is 2.36. The Morgan fingerprint density at radius 3 is 3.07 bits per heavy atom. The molecule has 1 saturated carbocycles. The molecule has 0 amide bonds. The van der Waals surface area contributed by atoms with Crippen molar-refractivity contribution in [3.8, 4) is 10.7 Å². The lowest BCUT2D eigenvalue weighted by atomic mass is 10.2. The molecule has 0 unspecified atom stereocenters. The lowest BCUT2D eigenvalue weighted by Crippen LogP contribution is -1.86. The Labute approximate surface area is 92.0 Å². The SMILES string of the molecule is Cn1cc(-c2nc(CC3CC3)cs2)nn1. The number of hydrogen-bond acceptors (Lipinski definition) is 4. The summed E-state index contributed by atoms with van der Waals surface area (Å²) in [6, 6.07) is 0. The average Bonchev–Trinajstić information content (AvgIpc) is 2.74. The van der Waals surface area contributed by atoms with Crippen LogP contribution in [0.25, 0.3) is 10.7 Å². The number of aryl methyl sites for hydroxylation is 1. The minimum Gasteiger partial charge on any atom is -0.255 e. The molecule has 78 valence electrons. The van der Waals surface area contributed by atoms with Crippen molar-refractivity contribution >= 4 is 11.3 Å². The van der Waals surface area contributed by atoms with Crippen LogP contribution in [0.3, 0.4) is 0 Å². The van der Waals surface area contributed by atoms with Gasteiger partial charge in [0.2, 0.25) is 0 Å². The molecule has 0 aliphatic heterocycles. The zero-order chi connectivity index (χ0) is 10.3. The molecule has 0 bridgehead atoms. The summed E-state index contributed by atoms with van der Waals surface area (Å²) in [6.45, 7) is 0. The van der Waals surface area contributed by atoms with Gasteiger partial charge in [-0.05, 0) is 25.2 Å². The van der Waals surface area contributed by atoms with E-state index in [4.69, 9.17) is 0 Å². The molecule has 1 aliphatic carbocycles. The molecule has 2 aromatic rings. The van der Waals surface area contributed by atoms with Gasteiger partial charge in [0.15, 0.2) is 0 Å². The van der Waals surface area contributed by atoms with Crippen molar-refractivity contribution in [3.05, 3.63) is 17.3 Å². The smallest absolute Gasteiger partial charge is 0.145 e. The second kappa shape index (κ2) is 3.41. The maximum absolute atomic E-state index is 4.58. The topological polar surface area (TPSA) is 43.6 Å². The van der Waals surface area contributed by atoms with Gasteiger partial charge in [-0.3, -0.25) is 4.68 Å². The third-order valence-electron chi connectivity index (χ3n) is 2.57. The van der Waals surface area contributed by atoms with E-state index < -0.39 is 0 Å². The zero-order valence-corrected chi connectivity index (χ0v) is 9.37. The van der Waals surface area contributed by atoms with Crippen molar-refractivity contribution in [2.45, 2.75) is 19.3 Å². The lowest BCUT2D eigenvalue weighted by Gasteiger charge is -1.89. The molecule has 0 N–H and O–H groups in total. The van der Waals surface area contributed by atoms with E-state index in [-0.39, 0.29) is 0 Å². The fourth-order valence-electron chi connectivity index (χ4n) is 1.58. The summed E-state index contributed by atoms with van der Waals surface area (Å²) < 4.78 is 1.71. The quantitative estimate of drug-likeness (QED) is 0.793. The van der Waals surface area contributed by atoms with Gasteiger partial charge in [-0.25, -0.2) is 4.98 Å². The molecule has 1 aliphatic rings. The minimum atomic E-state index is 0.879. The molecule has 0 saturated heterocycles. The predicted octanol–water partition coefficient (Wildman–Crippen LogP) is 1.89. The van der Waals surface area contributed by atoms with Crippen molar-refractivity contribution in [2.75, 3.05) is 0 Å². The van der Waals surface area contributed by atoms with E-state index in [9.17, 15) is 0 Å². The summed E-state index contributed by atoms with van der Waals surface area (Å²) in [5.41, 5.74) is 2.09. The highest BCUT2D eigenvalue weighted by atomic mass is 32.1. The van der Waals surface area contributed by atoms with Gasteiger partial charge in [0.05, 0.1) is 11.9 Å². The molecule has 5 heteroatoms. The van der Waals surface area contributed by atoms with E-state index in [1.807, 2.05) is 13.2 Å². The van der Waals surface area contributed by atoms with E-state index in [1.54, 1.807) is 16.0 Å². The molecule has 0 spiro atoms. The van der Waals surface area contributed by atoms with Crippen molar-refractivity contribution in [1.82, 2.24) is 20.0 Å². The van der Waals surface area contributed by atoms with Gasteiger partial charge in [0, 0.05) is 12.4 Å². The molecular weight excluding hydrogens is 208 g/mol. The number of hydrogen-bond donors (Lipinski definition) is 0. The van der Waals surface area contributed by atoms with Gasteiger partial charge < -0.3 is 0 Å². The van der Waals surface area contributed by atoms with E-state index in [1.165, 1.54) is 18.5 Å². The van der Waals surface area contributed by atoms with Gasteiger partial charge in [0.1, 0.15) is 10.7 Å². The fraction of sp³-hybridized carbons (Fsp3) is 0.500. The number of rotatable bonds is 3. The third kappa shape index (κ3) is 1.92. The highest BCUT2D eigenvalue weighted by molar-refractivity contribution is 7.13. The minimum absolute atomic E-state index is 0.879. The standard InChI is InChI=1S/C10H12N4S/c1-14-5-9(12-13-14)10-11-8(6-15-10)4-7-2-3-7/h5-7H,2-4H2,1H3. The van der Waals surface area contributed by atoms with E-state index >= 15 is 0 Å². The summed E-state index contributed by atoms with van der Waals surface area (Å²) in [7, 11) is 1.87. The van der Waals surface area contributed by atoms with Crippen LogP contribution in [0.5, 0.6) is 0 Å². The Morgan fingerprint density at radius 1 is 1.53 bits per heavy atom. The highest BCUT2D eigenvalue weighted by Gasteiger charge is 2.22. The van der Waals surface area contributed by atoms with Crippen LogP contribution in [0, 0.1) is 5.92 Å². The number of aromatic nitrogens is 4. The lowest BCUT2D eigenvalue weighted by molar-refractivity contribution is 0.715. The van der Waals surface area contributed by atoms with Crippen LogP contribution in [0.4, 0.5) is 0 Å². The monoisotopic (exact) mass is 220 g/mol. The molecule has 0 radical (unpaired) electrons. The molecule has 0 aromatic carbocycles. The first kappa shape index (κ1) is 9.03. The van der Waals surface area contributed by atoms with E-state index in [0.717, 1.165) is 23.0 Å². The van der Waals surface area contributed by atoms with Crippen molar-refractivity contribution in [1.29, 1.82) is 0 Å². The van der Waals surface area contributed by atoms with Crippen LogP contribution < -0.4 is 0 Å². The average molecular weight is 220 g/mol. The van der Waals surface area contributed by atoms with Gasteiger partial charge in [-0.15, -0.1) is 16.4 Å². The van der Waals surface area contributed by atoms with Crippen LogP contribution in [0.1, 0.15) is 18.5 Å². The number of nitrogens with zero attached hydrogens (tertiary/aromatic N) is 4. The number of thiazole rings is 1. The first-order chi connectivity index (χ1) is 7.31. The maximum Gasteiger partial charge on any atom is 0.145 e. The molecule has 3 rings (SSSR count). The largest absolute Gasteiger partial charge is 0.255 e. The van der Waals surface area contributed by atoms with Crippen molar-refractivity contribution < 1.29 is 0 Å². The van der Waals surface area contributed by atoms with E-state index in [2.05, 4.69) is 20.7 Å². The summed E-state index contributed by atoms with van der Waals surface area (Å²) in [5.74, 6) is 0.891. The molecule has 2 aromatic heterocycles. The molecular formula is C10H12N4S. The zero-order valence-electron chi connectivity index (χ0n) is 8.55. The Morgan fingerprint density at radius 2 is 2.40 bits per heavy atom. The molecule has 2 heterocycles. The van der Waals surface area contributed by atoms with Gasteiger partial charge in [-0.1, -0.05) is 5.21 Å². The highest BCUT2D eigenvalue weighted by Crippen LogP contribution is 2.33. The second-order valence-electron chi connectivity index (χ2n) is 4.07.